The summed E-state index contributed by atoms with van der Waals surface area (Å²) in [4.78, 5) is 11.4. The first-order chi connectivity index (χ1) is 17.7. The maximum atomic E-state index is 6.20. The number of methoxy groups -OCH3 is 1. The van der Waals surface area contributed by atoms with Crippen LogP contribution in [-0.4, -0.2) is 80.2 Å². The second-order valence-corrected chi connectivity index (χ2v) is 8.40. The average Bonchev–Trinajstić information content (AvgIpc) is 3.69. The van der Waals surface area contributed by atoms with Gasteiger partial charge in [-0.3, -0.25) is 4.58 Å². The standard InChI is InChI=1S/C24H26N9O3/c1-34-13-14-35-18-6-4-17(5-7-18)31-10-8-30(16-31)9-11-32-22-19(15-26-32)23-27-21(20-3-2-12-36-20)29-33(23)24(25)28-22/h2-7,12,15-16H,8-11,13-14H2,1H3,(H2,25,28)/q+1. The van der Waals surface area contributed by atoms with E-state index in [1.165, 1.54) is 4.52 Å². The van der Waals surface area contributed by atoms with Crippen molar-refractivity contribution in [2.45, 2.75) is 6.54 Å². The van der Waals surface area contributed by atoms with Gasteiger partial charge in [0.05, 0.1) is 31.0 Å². The zero-order chi connectivity index (χ0) is 24.5. The summed E-state index contributed by atoms with van der Waals surface area (Å²) < 4.78 is 21.7. The molecular weight excluding hydrogens is 462 g/mol. The van der Waals surface area contributed by atoms with Crippen LogP contribution in [-0.2, 0) is 11.3 Å². The van der Waals surface area contributed by atoms with Gasteiger partial charge in [-0.15, -0.1) is 5.10 Å². The second kappa shape index (κ2) is 9.30. The average molecular weight is 489 g/mol. The van der Waals surface area contributed by atoms with Crippen molar-refractivity contribution in [2.24, 2.45) is 0 Å². The molecule has 0 spiro atoms. The predicted molar refractivity (Wildman–Crippen MR) is 133 cm³/mol. The molecule has 0 radical (unpaired) electrons. The molecule has 12 nitrogen and oxygen atoms in total. The van der Waals surface area contributed by atoms with Crippen molar-refractivity contribution in [3.8, 4) is 17.3 Å². The van der Waals surface area contributed by atoms with Gasteiger partial charge in [0.15, 0.2) is 17.1 Å². The van der Waals surface area contributed by atoms with Crippen LogP contribution in [0.25, 0.3) is 28.3 Å². The highest BCUT2D eigenvalue weighted by atomic mass is 16.5. The summed E-state index contributed by atoms with van der Waals surface area (Å²) in [5, 5.41) is 9.78. The van der Waals surface area contributed by atoms with Crippen molar-refractivity contribution in [1.82, 2.24) is 29.4 Å². The van der Waals surface area contributed by atoms with Crippen LogP contribution in [0.5, 0.6) is 5.75 Å². The van der Waals surface area contributed by atoms with Crippen LogP contribution in [0.3, 0.4) is 0 Å². The lowest BCUT2D eigenvalue weighted by molar-refractivity contribution is -0.515. The number of nitrogens with two attached hydrogens (primary N) is 1. The van der Waals surface area contributed by atoms with Gasteiger partial charge >= 0.3 is 0 Å². The number of ether oxygens (including phenoxy) is 2. The van der Waals surface area contributed by atoms with Crippen molar-refractivity contribution in [3.63, 3.8) is 0 Å². The minimum Gasteiger partial charge on any atom is -0.491 e. The van der Waals surface area contributed by atoms with E-state index in [1.54, 1.807) is 31.7 Å². The first-order valence-electron chi connectivity index (χ1n) is 11.7. The maximum Gasteiger partial charge on any atom is 0.239 e. The summed E-state index contributed by atoms with van der Waals surface area (Å²) >= 11 is 0. The molecule has 1 aliphatic heterocycles. The number of benzene rings is 1. The third-order valence-electron chi connectivity index (χ3n) is 6.09. The minimum atomic E-state index is 0.248. The number of aromatic nitrogens is 6. The zero-order valence-corrected chi connectivity index (χ0v) is 19.8. The van der Waals surface area contributed by atoms with E-state index in [0.717, 1.165) is 36.5 Å². The van der Waals surface area contributed by atoms with Gasteiger partial charge < -0.3 is 19.6 Å². The molecule has 2 N–H and O–H groups in total. The lowest BCUT2D eigenvalue weighted by Gasteiger charge is -2.08. The first-order valence-corrected chi connectivity index (χ1v) is 11.7. The monoisotopic (exact) mass is 488 g/mol. The Kier molecular flexibility index (Phi) is 5.70. The molecule has 0 bridgehead atoms. The number of anilines is 2. The Morgan fingerprint density at radius 2 is 2.00 bits per heavy atom. The fourth-order valence-corrected chi connectivity index (χ4v) is 4.24. The first kappa shape index (κ1) is 22.0. The van der Waals surface area contributed by atoms with E-state index < -0.39 is 0 Å². The molecular formula is C24H26N9O3+. The van der Waals surface area contributed by atoms with E-state index in [9.17, 15) is 0 Å². The van der Waals surface area contributed by atoms with Crippen LogP contribution >= 0.6 is 0 Å². The zero-order valence-electron chi connectivity index (χ0n) is 19.8. The fraction of sp³-hybridized carbons (Fsp3) is 0.292. The SMILES string of the molecule is COCCOc1ccc(N2C=[N+](CCn3ncc4c3nc(N)n3nc(-c5ccco5)nc43)CC2)cc1. The number of rotatable bonds is 9. The number of hydrogen-bond donors (Lipinski definition) is 1. The van der Waals surface area contributed by atoms with E-state index in [4.69, 9.17) is 19.6 Å². The third-order valence-corrected chi connectivity index (χ3v) is 6.09. The lowest BCUT2D eigenvalue weighted by Crippen LogP contribution is -2.18. The highest BCUT2D eigenvalue weighted by Gasteiger charge is 2.22. The normalized spacial score (nSPS) is 13.7. The summed E-state index contributed by atoms with van der Waals surface area (Å²) in [5.41, 5.74) is 8.60. The van der Waals surface area contributed by atoms with Gasteiger partial charge in [0.1, 0.15) is 37.7 Å². The predicted octanol–water partition coefficient (Wildman–Crippen LogP) is 1.90. The van der Waals surface area contributed by atoms with Crippen molar-refractivity contribution in [1.29, 1.82) is 0 Å². The molecule has 12 heteroatoms. The lowest BCUT2D eigenvalue weighted by atomic mass is 10.3. The molecule has 0 fully saturated rings. The summed E-state index contributed by atoms with van der Waals surface area (Å²) in [7, 11) is 1.66. The summed E-state index contributed by atoms with van der Waals surface area (Å²) in [6.45, 7) is 4.37. The van der Waals surface area contributed by atoms with Crippen LogP contribution in [0.1, 0.15) is 0 Å². The fourth-order valence-electron chi connectivity index (χ4n) is 4.24. The van der Waals surface area contributed by atoms with Crippen molar-refractivity contribution >= 4 is 34.7 Å². The van der Waals surface area contributed by atoms with Gasteiger partial charge in [-0.1, -0.05) is 0 Å². The molecule has 5 heterocycles. The molecule has 36 heavy (non-hydrogen) atoms. The summed E-state index contributed by atoms with van der Waals surface area (Å²) in [6, 6.07) is 11.7. The Labute approximate surface area is 206 Å². The van der Waals surface area contributed by atoms with Gasteiger partial charge in [-0.25, -0.2) is 14.6 Å². The van der Waals surface area contributed by atoms with Crippen molar-refractivity contribution < 1.29 is 18.5 Å². The van der Waals surface area contributed by atoms with Crippen LogP contribution in [0, 0.1) is 0 Å². The Bertz CT molecular complexity index is 1520. The van der Waals surface area contributed by atoms with Crippen LogP contribution in [0.4, 0.5) is 11.6 Å². The van der Waals surface area contributed by atoms with Gasteiger partial charge in [-0.05, 0) is 36.4 Å². The molecule has 184 valence electrons. The maximum absolute atomic E-state index is 6.20. The number of fused-ring (bicyclic) bond motifs is 3. The molecule has 5 aromatic rings. The Balaban J connectivity index is 1.16. The van der Waals surface area contributed by atoms with E-state index in [2.05, 4.69) is 48.1 Å². The Hall–Kier alpha value is -4.45. The van der Waals surface area contributed by atoms with Gasteiger partial charge in [0.2, 0.25) is 18.1 Å². The molecule has 0 atom stereocenters. The smallest absolute Gasteiger partial charge is 0.239 e. The second-order valence-electron chi connectivity index (χ2n) is 8.40. The van der Waals surface area contributed by atoms with Crippen LogP contribution in [0.15, 0.2) is 53.3 Å². The van der Waals surface area contributed by atoms with Crippen molar-refractivity contribution in [2.75, 3.05) is 50.6 Å². The molecule has 0 aliphatic carbocycles. The third kappa shape index (κ3) is 4.11. The van der Waals surface area contributed by atoms with Gasteiger partial charge in [0, 0.05) is 7.11 Å². The summed E-state index contributed by atoms with van der Waals surface area (Å²) in [6.07, 6.45) is 5.48. The number of nitrogen functional groups attached to an aromatic ring is 1. The summed E-state index contributed by atoms with van der Waals surface area (Å²) in [5.74, 6) is 2.11. The number of hydrogen-bond acceptors (Lipinski definition) is 9. The van der Waals surface area contributed by atoms with E-state index in [-0.39, 0.29) is 5.95 Å². The topological polar surface area (TPSA) is 125 Å². The van der Waals surface area contributed by atoms with E-state index in [1.807, 2.05) is 16.8 Å². The van der Waals surface area contributed by atoms with Gasteiger partial charge in [-0.2, -0.15) is 14.6 Å². The highest BCUT2D eigenvalue weighted by Crippen LogP contribution is 2.24. The molecule has 1 aromatic carbocycles. The molecule has 0 unspecified atom stereocenters. The Morgan fingerprint density at radius 3 is 2.81 bits per heavy atom. The largest absolute Gasteiger partial charge is 0.491 e. The van der Waals surface area contributed by atoms with E-state index >= 15 is 0 Å². The molecule has 0 saturated carbocycles. The van der Waals surface area contributed by atoms with Crippen LogP contribution in [0.2, 0.25) is 0 Å². The molecule has 6 rings (SSSR count). The van der Waals surface area contributed by atoms with Gasteiger partial charge in [0.25, 0.3) is 0 Å². The minimum absolute atomic E-state index is 0.248. The van der Waals surface area contributed by atoms with Crippen molar-refractivity contribution in [3.05, 3.63) is 48.9 Å². The number of nitrogens with zero attached hydrogens (tertiary/aromatic N) is 8. The van der Waals surface area contributed by atoms with Crippen LogP contribution < -0.4 is 15.4 Å². The molecule has 4 aromatic heterocycles. The number of furan rings is 1. The van der Waals surface area contributed by atoms with E-state index in [0.29, 0.717) is 42.6 Å². The highest BCUT2D eigenvalue weighted by molar-refractivity contribution is 5.90. The molecule has 0 amide bonds. The Morgan fingerprint density at radius 1 is 1.11 bits per heavy atom. The molecule has 1 aliphatic rings. The quantitative estimate of drug-likeness (QED) is 0.245. The molecule has 0 saturated heterocycles.